The number of pyridine rings is 1. The van der Waals surface area contributed by atoms with E-state index in [0.29, 0.717) is 6.54 Å². The lowest BCUT2D eigenvalue weighted by atomic mass is 10.2. The molecule has 3 heterocycles. The molecule has 0 saturated carbocycles. The van der Waals surface area contributed by atoms with E-state index in [0.717, 1.165) is 26.5 Å². The maximum absolute atomic E-state index is 13.2. The van der Waals surface area contributed by atoms with Crippen molar-refractivity contribution >= 4 is 39.9 Å². The van der Waals surface area contributed by atoms with Gasteiger partial charge in [-0.15, -0.1) is 11.3 Å². The van der Waals surface area contributed by atoms with E-state index in [-0.39, 0.29) is 18.0 Å². The van der Waals surface area contributed by atoms with Crippen LogP contribution in [0.3, 0.4) is 0 Å². The van der Waals surface area contributed by atoms with Crippen LogP contribution in [0.2, 0.25) is 0 Å². The highest BCUT2D eigenvalue weighted by molar-refractivity contribution is 8.08. The highest BCUT2D eigenvalue weighted by atomic mass is 35.5. The van der Waals surface area contributed by atoms with E-state index in [9.17, 15) is 4.79 Å². The van der Waals surface area contributed by atoms with Gasteiger partial charge in [0.2, 0.25) is 5.69 Å². The quantitative estimate of drug-likeness (QED) is 0.518. The topological polar surface area (TPSA) is 29.1 Å². The summed E-state index contributed by atoms with van der Waals surface area (Å²) >= 11 is 3.28. The average Bonchev–Trinajstić information content (AvgIpc) is 3.18. The lowest BCUT2D eigenvalue weighted by molar-refractivity contribution is -0.695. The number of thioether (sulfide) groups is 1. The lowest BCUT2D eigenvalue weighted by Crippen LogP contribution is -3.00. The van der Waals surface area contributed by atoms with Crippen molar-refractivity contribution in [2.45, 2.75) is 38.8 Å². The Labute approximate surface area is 185 Å². The normalized spacial score (nSPS) is 15.4. The number of rotatable bonds is 3. The molecule has 0 amide bonds. The van der Waals surface area contributed by atoms with Crippen molar-refractivity contribution in [2.75, 3.05) is 11.9 Å². The largest absolute Gasteiger partial charge is 1.00 e. The first-order chi connectivity index (χ1) is 13.5. The summed E-state index contributed by atoms with van der Waals surface area (Å²) < 4.78 is 5.87. The Morgan fingerprint density at radius 2 is 1.97 bits per heavy atom. The van der Waals surface area contributed by atoms with E-state index in [2.05, 4.69) is 59.9 Å². The molecule has 0 N–H and O–H groups in total. The van der Waals surface area contributed by atoms with Crippen LogP contribution in [0, 0.1) is 6.92 Å². The molecule has 7 heteroatoms. The van der Waals surface area contributed by atoms with Crippen LogP contribution >= 0.6 is 23.1 Å². The van der Waals surface area contributed by atoms with Gasteiger partial charge < -0.3 is 17.3 Å². The maximum atomic E-state index is 13.2. The second-order valence-electron chi connectivity index (χ2n) is 6.81. The van der Waals surface area contributed by atoms with Gasteiger partial charge in [-0.05, 0) is 44.5 Å². The zero-order valence-corrected chi connectivity index (χ0v) is 19.4. The van der Waals surface area contributed by atoms with E-state index in [1.165, 1.54) is 16.1 Å². The first kappa shape index (κ1) is 21.7. The van der Waals surface area contributed by atoms with Crippen LogP contribution < -0.4 is 36.6 Å². The summed E-state index contributed by atoms with van der Waals surface area (Å²) in [6, 6.07) is 12.6. The van der Waals surface area contributed by atoms with Crippen LogP contribution in [0.5, 0.6) is 0 Å². The Morgan fingerprint density at radius 1 is 1.17 bits per heavy atom. The molecule has 4 rings (SSSR count). The zero-order valence-electron chi connectivity index (χ0n) is 17.0. The number of thiazole rings is 1. The predicted octanol–water partition coefficient (Wildman–Crippen LogP) is -0.314. The van der Waals surface area contributed by atoms with Gasteiger partial charge in [0.15, 0.2) is 6.20 Å². The SMILES string of the molecule is CCn1c(=O)/c(=C2\Sc3cc(C)ccc3N2C)s/c1=C\c1cccc[n+]1CC.[Cl-]. The van der Waals surface area contributed by atoms with Gasteiger partial charge in [0.05, 0.1) is 5.69 Å². The molecule has 1 aromatic carbocycles. The molecule has 152 valence electrons. The van der Waals surface area contributed by atoms with Crippen molar-refractivity contribution in [3.8, 4) is 0 Å². The van der Waals surface area contributed by atoms with Crippen molar-refractivity contribution in [1.29, 1.82) is 0 Å². The van der Waals surface area contributed by atoms with Gasteiger partial charge in [-0.25, -0.2) is 0 Å². The highest BCUT2D eigenvalue weighted by Crippen LogP contribution is 2.45. The molecule has 0 unspecified atom stereocenters. The van der Waals surface area contributed by atoms with Crippen LogP contribution in [-0.2, 0) is 13.1 Å². The average molecular weight is 446 g/mol. The lowest BCUT2D eigenvalue weighted by Gasteiger charge is -2.12. The summed E-state index contributed by atoms with van der Waals surface area (Å²) in [6.07, 6.45) is 4.20. The number of halogens is 1. The Bertz CT molecular complexity index is 1230. The molecule has 4 nitrogen and oxygen atoms in total. The first-order valence-corrected chi connectivity index (χ1v) is 11.1. The van der Waals surface area contributed by atoms with E-state index in [1.54, 1.807) is 23.1 Å². The van der Waals surface area contributed by atoms with Crippen molar-refractivity contribution in [3.63, 3.8) is 0 Å². The molecule has 29 heavy (non-hydrogen) atoms. The number of benzene rings is 1. The van der Waals surface area contributed by atoms with Gasteiger partial charge >= 0.3 is 0 Å². The van der Waals surface area contributed by atoms with E-state index in [4.69, 9.17) is 0 Å². The van der Waals surface area contributed by atoms with E-state index < -0.39 is 0 Å². The van der Waals surface area contributed by atoms with Gasteiger partial charge in [0, 0.05) is 36.7 Å². The van der Waals surface area contributed by atoms with Crippen LogP contribution in [0.4, 0.5) is 5.69 Å². The van der Waals surface area contributed by atoms with Crippen molar-refractivity contribution in [3.05, 3.63) is 73.4 Å². The second kappa shape index (κ2) is 8.78. The molecule has 0 saturated heterocycles. The van der Waals surface area contributed by atoms with Crippen LogP contribution in [0.15, 0.2) is 52.3 Å². The van der Waals surface area contributed by atoms with Crippen LogP contribution in [-0.4, -0.2) is 11.6 Å². The van der Waals surface area contributed by atoms with Gasteiger partial charge in [-0.3, -0.25) is 9.36 Å². The predicted molar refractivity (Wildman–Crippen MR) is 118 cm³/mol. The summed E-state index contributed by atoms with van der Waals surface area (Å²) in [4.78, 5) is 16.6. The van der Waals surface area contributed by atoms with Gasteiger partial charge in [-0.2, -0.15) is 4.57 Å². The number of hydrogen-bond donors (Lipinski definition) is 0. The number of aromatic nitrogens is 2. The van der Waals surface area contributed by atoms with Crippen molar-refractivity contribution in [2.24, 2.45) is 0 Å². The van der Waals surface area contributed by atoms with Gasteiger partial charge in [0.25, 0.3) is 5.56 Å². The number of anilines is 1. The number of fused-ring (bicyclic) bond motifs is 1. The number of hydrogen-bond acceptors (Lipinski definition) is 4. The Morgan fingerprint density at radius 3 is 2.69 bits per heavy atom. The fourth-order valence-corrected chi connectivity index (χ4v) is 6.02. The molecule has 0 fully saturated rings. The molecule has 1 aliphatic rings. The highest BCUT2D eigenvalue weighted by Gasteiger charge is 2.24. The summed E-state index contributed by atoms with van der Waals surface area (Å²) in [5.74, 6) is 0. The molecule has 0 radical (unpaired) electrons. The maximum Gasteiger partial charge on any atom is 0.271 e. The number of nitrogens with zero attached hydrogens (tertiary/aromatic N) is 3. The summed E-state index contributed by atoms with van der Waals surface area (Å²) in [6.45, 7) is 7.81. The second-order valence-corrected chi connectivity index (χ2v) is 8.87. The molecular formula is C22H24ClN3OS2. The molecule has 0 atom stereocenters. The Kier molecular flexibility index (Phi) is 6.56. The minimum Gasteiger partial charge on any atom is -1.00 e. The summed E-state index contributed by atoms with van der Waals surface area (Å²) in [5.41, 5.74) is 3.60. The zero-order chi connectivity index (χ0) is 19.8. The van der Waals surface area contributed by atoms with E-state index >= 15 is 0 Å². The van der Waals surface area contributed by atoms with Gasteiger partial charge in [-0.1, -0.05) is 17.8 Å². The minimum absolute atomic E-state index is 0. The molecule has 0 spiro atoms. The molecule has 0 aliphatic carbocycles. The summed E-state index contributed by atoms with van der Waals surface area (Å²) in [5, 5.41) is 1.02. The monoisotopic (exact) mass is 445 g/mol. The van der Waals surface area contributed by atoms with Crippen molar-refractivity contribution < 1.29 is 17.0 Å². The summed E-state index contributed by atoms with van der Waals surface area (Å²) in [7, 11) is 2.05. The van der Waals surface area contributed by atoms with Crippen molar-refractivity contribution in [1.82, 2.24) is 4.57 Å². The molecule has 3 aromatic rings. The fraction of sp³-hybridized carbons (Fsp3) is 0.273. The third kappa shape index (κ3) is 3.89. The third-order valence-corrected chi connectivity index (χ3v) is 7.47. The standard InChI is InChI=1S/C22H24N3OS2.ClH/c1-5-24-12-8-7-9-16(24)14-19-25(6-2)21(26)20(28-19)22-23(4)17-11-10-15(3)13-18(17)27-22;/h7-14H,5-6H2,1-4H3;1H/q+1;/p-1/b22-20+;. The third-order valence-electron chi connectivity index (χ3n) is 5.00. The molecular weight excluding hydrogens is 422 g/mol. The molecule has 0 bridgehead atoms. The molecule has 2 aromatic heterocycles. The van der Waals surface area contributed by atoms with Gasteiger partial charge in [0.1, 0.15) is 20.8 Å². The molecule has 1 aliphatic heterocycles. The Hall–Kier alpha value is -2.02. The van der Waals surface area contributed by atoms with Crippen LogP contribution in [0.1, 0.15) is 25.1 Å². The fourth-order valence-electron chi connectivity index (χ4n) is 3.46. The number of aryl methyl sites for hydroxylation is 2. The Balaban J connectivity index is 0.00000240. The van der Waals surface area contributed by atoms with Crippen LogP contribution in [0.25, 0.3) is 11.1 Å². The first-order valence-electron chi connectivity index (χ1n) is 9.49. The van der Waals surface area contributed by atoms with E-state index in [1.807, 2.05) is 30.7 Å². The minimum atomic E-state index is 0. The smallest absolute Gasteiger partial charge is 0.271 e.